The maximum absolute atomic E-state index is 6.78. The number of fused-ring (bicyclic) bond motifs is 1. The molecule has 0 aliphatic heterocycles. The predicted octanol–water partition coefficient (Wildman–Crippen LogP) is 1.93. The highest BCUT2D eigenvalue weighted by atomic mass is 35.5. The molecule has 0 aliphatic rings. The Morgan fingerprint density at radius 3 is 3.08 bits per heavy atom. The number of hydrogen-bond acceptors (Lipinski definition) is 2. The Labute approximate surface area is 73.2 Å². The molecule has 12 heavy (non-hydrogen) atoms. The molecular formula is C7H3ClN4. The summed E-state index contributed by atoms with van der Waals surface area (Å²) in [5.41, 5.74) is 1.01. The lowest BCUT2D eigenvalue weighted by Crippen LogP contribution is -1.91. The monoisotopic (exact) mass is 178 g/mol. The Kier molecular flexibility index (Phi) is 1.45. The first-order chi connectivity index (χ1) is 5.83. The van der Waals surface area contributed by atoms with Gasteiger partial charge in [-0.15, -0.1) is 0 Å². The third kappa shape index (κ3) is 0.840. The van der Waals surface area contributed by atoms with Crippen LogP contribution in [-0.4, -0.2) is 14.8 Å². The van der Waals surface area contributed by atoms with Crippen molar-refractivity contribution >= 4 is 22.8 Å². The quantitative estimate of drug-likeness (QED) is 0.578. The average Bonchev–Trinajstić information content (AvgIpc) is 2.53. The summed E-state index contributed by atoms with van der Waals surface area (Å²) in [4.78, 5) is 3.21. The van der Waals surface area contributed by atoms with Crippen LogP contribution >= 0.6 is 11.6 Å². The minimum atomic E-state index is 0.352. The molecule has 2 aromatic heterocycles. The zero-order chi connectivity index (χ0) is 8.55. The van der Waals surface area contributed by atoms with Crippen LogP contribution in [0.25, 0.3) is 10.4 Å². The van der Waals surface area contributed by atoms with Crippen LogP contribution in [0.4, 0.5) is 5.69 Å². The third-order valence-corrected chi connectivity index (χ3v) is 1.87. The molecule has 0 amide bonds. The van der Waals surface area contributed by atoms with Crippen LogP contribution in [0, 0.1) is 6.57 Å². The molecule has 0 aromatic carbocycles. The molecule has 2 heterocycles. The molecule has 0 N–H and O–H groups in total. The second-order valence-electron chi connectivity index (χ2n) is 2.16. The van der Waals surface area contributed by atoms with Gasteiger partial charge in [0.2, 0.25) is 5.69 Å². The molecule has 0 fully saturated rings. The molecule has 0 aliphatic carbocycles. The smallest absolute Gasteiger partial charge is 0.227 e. The minimum Gasteiger partial charge on any atom is -0.235 e. The summed E-state index contributed by atoms with van der Waals surface area (Å²) < 4.78 is 1.39. The van der Waals surface area contributed by atoms with Crippen molar-refractivity contribution in [3.05, 3.63) is 34.9 Å². The van der Waals surface area contributed by atoms with E-state index in [1.54, 1.807) is 12.3 Å². The molecule has 4 nitrogen and oxygen atoms in total. The van der Waals surface area contributed by atoms with Crippen LogP contribution in [-0.2, 0) is 0 Å². The van der Waals surface area contributed by atoms with E-state index in [-0.39, 0.29) is 0 Å². The van der Waals surface area contributed by atoms with E-state index >= 15 is 0 Å². The van der Waals surface area contributed by atoms with Gasteiger partial charge in [-0.1, -0.05) is 11.6 Å². The van der Waals surface area contributed by atoms with Crippen LogP contribution in [0.3, 0.4) is 0 Å². The van der Waals surface area contributed by atoms with Crippen molar-refractivity contribution in [2.45, 2.75) is 0 Å². The summed E-state index contributed by atoms with van der Waals surface area (Å²) in [5.74, 6) is 0. The minimum absolute atomic E-state index is 0.352. The second-order valence-corrected chi connectivity index (χ2v) is 2.54. The van der Waals surface area contributed by atoms with Crippen LogP contribution in [0.1, 0.15) is 0 Å². The average molecular weight is 179 g/mol. The van der Waals surface area contributed by atoms with E-state index in [1.165, 1.54) is 10.8 Å². The molecule has 0 spiro atoms. The molecule has 0 saturated carbocycles. The van der Waals surface area contributed by atoms with Gasteiger partial charge in [0.15, 0.2) is 0 Å². The van der Waals surface area contributed by atoms with Crippen LogP contribution in [0.2, 0.25) is 5.02 Å². The molecule has 2 rings (SSSR count). The lowest BCUT2D eigenvalue weighted by molar-refractivity contribution is 0.802. The number of hydrogen-bond donors (Lipinski definition) is 0. The van der Waals surface area contributed by atoms with E-state index in [1.807, 2.05) is 0 Å². The van der Waals surface area contributed by atoms with Crippen molar-refractivity contribution in [3.8, 4) is 0 Å². The van der Waals surface area contributed by atoms with Gasteiger partial charge in [0.05, 0.1) is 29.5 Å². The number of nitrogens with zero attached hydrogens (tertiary/aromatic N) is 4. The zero-order valence-corrected chi connectivity index (χ0v) is 6.65. The second kappa shape index (κ2) is 2.47. The van der Waals surface area contributed by atoms with Gasteiger partial charge in [-0.25, -0.2) is 4.85 Å². The Balaban J connectivity index is 2.89. The van der Waals surface area contributed by atoms with Gasteiger partial charge < -0.3 is 0 Å². The maximum Gasteiger partial charge on any atom is 0.227 e. The fourth-order valence-electron chi connectivity index (χ4n) is 0.924. The summed E-state index contributed by atoms with van der Waals surface area (Å²) in [6, 6.07) is 1.71. The van der Waals surface area contributed by atoms with E-state index in [9.17, 15) is 0 Å². The molecule has 58 valence electrons. The van der Waals surface area contributed by atoms with E-state index in [0.29, 0.717) is 16.2 Å². The molecule has 5 heteroatoms. The first-order valence-electron chi connectivity index (χ1n) is 3.19. The third-order valence-electron chi connectivity index (χ3n) is 1.48. The van der Waals surface area contributed by atoms with Gasteiger partial charge in [-0.2, -0.15) is 14.8 Å². The lowest BCUT2D eigenvalue weighted by atomic mass is 10.4. The van der Waals surface area contributed by atoms with Gasteiger partial charge in [-0.05, 0) is 6.07 Å². The lowest BCUT2D eigenvalue weighted by Gasteiger charge is -1.95. The van der Waals surface area contributed by atoms with Crippen molar-refractivity contribution in [1.82, 2.24) is 14.8 Å². The first-order valence-corrected chi connectivity index (χ1v) is 3.56. The van der Waals surface area contributed by atoms with Crippen molar-refractivity contribution < 1.29 is 0 Å². The first kappa shape index (κ1) is 7.07. The highest BCUT2D eigenvalue weighted by Crippen LogP contribution is 2.27. The highest BCUT2D eigenvalue weighted by molar-refractivity contribution is 6.36. The fourth-order valence-corrected chi connectivity index (χ4v) is 1.15. The van der Waals surface area contributed by atoms with E-state index in [2.05, 4.69) is 15.0 Å². The van der Waals surface area contributed by atoms with Crippen LogP contribution in [0.15, 0.2) is 18.5 Å². The standard InChI is InChI=1S/C7H3ClN4/c1-9-5-4-11-12-6(7(5)8)2-3-10-12/h2-4H. The summed E-state index contributed by atoms with van der Waals surface area (Å²) in [6.45, 7) is 6.78. The van der Waals surface area contributed by atoms with Crippen molar-refractivity contribution in [2.24, 2.45) is 0 Å². The topological polar surface area (TPSA) is 34.5 Å². The van der Waals surface area contributed by atoms with E-state index in [0.717, 1.165) is 0 Å². The molecule has 0 radical (unpaired) electrons. The predicted molar refractivity (Wildman–Crippen MR) is 44.3 cm³/mol. The van der Waals surface area contributed by atoms with Crippen molar-refractivity contribution in [2.75, 3.05) is 0 Å². The normalized spacial score (nSPS) is 10.0. The van der Waals surface area contributed by atoms with Gasteiger partial charge in [0.25, 0.3) is 0 Å². The number of halogens is 1. The molecule has 2 aromatic rings. The Hall–Kier alpha value is -1.60. The Morgan fingerprint density at radius 2 is 2.33 bits per heavy atom. The summed E-state index contributed by atoms with van der Waals surface area (Å²) in [6.07, 6.45) is 2.98. The molecular weight excluding hydrogens is 176 g/mol. The van der Waals surface area contributed by atoms with Crippen molar-refractivity contribution in [1.29, 1.82) is 0 Å². The van der Waals surface area contributed by atoms with Gasteiger partial charge in [-0.3, -0.25) is 0 Å². The number of aromatic nitrogens is 3. The summed E-state index contributed by atoms with van der Waals surface area (Å²) in [7, 11) is 0. The summed E-state index contributed by atoms with van der Waals surface area (Å²) >= 11 is 5.87. The molecule has 0 atom stereocenters. The number of rotatable bonds is 0. The highest BCUT2D eigenvalue weighted by Gasteiger charge is 2.05. The van der Waals surface area contributed by atoms with Gasteiger partial charge >= 0.3 is 0 Å². The van der Waals surface area contributed by atoms with E-state index < -0.39 is 0 Å². The Morgan fingerprint density at radius 1 is 1.50 bits per heavy atom. The summed E-state index contributed by atoms with van der Waals surface area (Å²) in [5, 5.41) is 8.15. The van der Waals surface area contributed by atoms with Gasteiger partial charge in [0.1, 0.15) is 0 Å². The van der Waals surface area contributed by atoms with Crippen LogP contribution in [0.5, 0.6) is 0 Å². The SMILES string of the molecule is [C-]#[N+]c1cnn2nccc2c1Cl. The van der Waals surface area contributed by atoms with Crippen LogP contribution < -0.4 is 0 Å². The molecule has 0 bridgehead atoms. The van der Waals surface area contributed by atoms with Gasteiger partial charge in [0, 0.05) is 0 Å². The largest absolute Gasteiger partial charge is 0.235 e. The van der Waals surface area contributed by atoms with E-state index in [4.69, 9.17) is 18.2 Å². The molecule has 0 saturated heterocycles. The fraction of sp³-hybridized carbons (Fsp3) is 0. The zero-order valence-electron chi connectivity index (χ0n) is 5.90. The molecule has 0 unspecified atom stereocenters. The Bertz CT molecular complexity index is 468. The maximum atomic E-state index is 6.78. The van der Waals surface area contributed by atoms with Crippen molar-refractivity contribution in [3.63, 3.8) is 0 Å².